The molecule has 0 aliphatic heterocycles. The molecule has 1 saturated carbocycles. The Hall–Kier alpha value is -1.05. The summed E-state index contributed by atoms with van der Waals surface area (Å²) >= 11 is 0. The van der Waals surface area contributed by atoms with Gasteiger partial charge in [-0.1, -0.05) is 12.1 Å². The highest BCUT2D eigenvalue weighted by molar-refractivity contribution is 7.89. The highest BCUT2D eigenvalue weighted by Crippen LogP contribution is 2.43. The number of halogens is 2. The van der Waals surface area contributed by atoms with Gasteiger partial charge in [0, 0.05) is 12.8 Å². The second kappa shape index (κ2) is 5.05. The van der Waals surface area contributed by atoms with Crippen LogP contribution < -0.4 is 4.72 Å². The highest BCUT2D eigenvalue weighted by atomic mass is 32.2. The van der Waals surface area contributed by atoms with Gasteiger partial charge in [-0.25, -0.2) is 21.9 Å². The number of benzene rings is 1. The van der Waals surface area contributed by atoms with Gasteiger partial charge in [-0.05, 0) is 37.6 Å². The monoisotopic (exact) mass is 305 g/mol. The molecule has 0 heterocycles. The van der Waals surface area contributed by atoms with E-state index in [1.807, 2.05) is 0 Å². The largest absolute Gasteiger partial charge is 0.385 e. The fourth-order valence-electron chi connectivity index (χ4n) is 2.38. The minimum absolute atomic E-state index is 0.0296. The van der Waals surface area contributed by atoms with Crippen molar-refractivity contribution in [2.45, 2.75) is 42.1 Å². The molecular weight excluding hydrogens is 288 g/mol. The molecule has 1 aliphatic carbocycles. The van der Waals surface area contributed by atoms with Crippen molar-refractivity contribution >= 4 is 10.0 Å². The Balaban J connectivity index is 2.23. The molecule has 112 valence electrons. The summed E-state index contributed by atoms with van der Waals surface area (Å²) in [5.74, 6) is -2.72. The third kappa shape index (κ3) is 2.99. The summed E-state index contributed by atoms with van der Waals surface area (Å²) in [6.45, 7) is 0. The lowest BCUT2D eigenvalue weighted by Gasteiger charge is -2.36. The summed E-state index contributed by atoms with van der Waals surface area (Å²) in [6.07, 6.45) is -0.781. The predicted octanol–water partition coefficient (Wildman–Crippen LogP) is 1.99. The van der Waals surface area contributed by atoms with Crippen molar-refractivity contribution in [2.24, 2.45) is 0 Å². The molecule has 0 spiro atoms. The van der Waals surface area contributed by atoms with Gasteiger partial charge < -0.3 is 5.11 Å². The average Bonchev–Trinajstić information content (AvgIpc) is 2.43. The maximum absolute atomic E-state index is 13.1. The Morgan fingerprint density at radius 2 is 1.60 bits per heavy atom. The number of hydrogen-bond acceptors (Lipinski definition) is 3. The number of rotatable bonds is 3. The second-order valence-corrected chi connectivity index (χ2v) is 7.01. The van der Waals surface area contributed by atoms with E-state index in [0.29, 0.717) is 5.56 Å². The molecule has 1 aromatic carbocycles. The van der Waals surface area contributed by atoms with Crippen LogP contribution in [0.25, 0.3) is 0 Å². The van der Waals surface area contributed by atoms with Crippen molar-refractivity contribution in [3.05, 3.63) is 29.8 Å². The molecule has 1 aliphatic rings. The van der Waals surface area contributed by atoms with Crippen LogP contribution in [0.3, 0.4) is 0 Å². The van der Waals surface area contributed by atoms with Crippen LogP contribution in [0.2, 0.25) is 0 Å². The Morgan fingerprint density at radius 3 is 2.05 bits per heavy atom. The third-order valence-electron chi connectivity index (χ3n) is 3.78. The molecule has 0 aromatic heterocycles. The van der Waals surface area contributed by atoms with Gasteiger partial charge >= 0.3 is 0 Å². The lowest BCUT2D eigenvalue weighted by atomic mass is 9.78. The summed E-state index contributed by atoms with van der Waals surface area (Å²) in [6, 6.07) is 5.69. The van der Waals surface area contributed by atoms with Crippen LogP contribution >= 0.6 is 0 Å². The van der Waals surface area contributed by atoms with Gasteiger partial charge in [-0.3, -0.25) is 0 Å². The number of nitrogens with one attached hydrogen (secondary N) is 1. The topological polar surface area (TPSA) is 66.4 Å². The predicted molar refractivity (Wildman–Crippen MR) is 70.0 cm³/mol. The molecule has 1 aromatic rings. The zero-order chi connectivity index (χ0) is 15.0. The van der Waals surface area contributed by atoms with Crippen LogP contribution in [0.1, 0.15) is 31.2 Å². The first-order valence-corrected chi connectivity index (χ1v) is 7.81. The lowest BCUT2D eigenvalue weighted by molar-refractivity contribution is -0.107. The van der Waals surface area contributed by atoms with Crippen LogP contribution in [-0.4, -0.2) is 26.5 Å². The first kappa shape index (κ1) is 15.3. The minimum atomic E-state index is -3.54. The molecule has 0 atom stereocenters. The van der Waals surface area contributed by atoms with E-state index in [0.717, 1.165) is 0 Å². The number of sulfonamides is 1. The Kier molecular flexibility index (Phi) is 3.88. The highest BCUT2D eigenvalue weighted by Gasteiger charge is 2.43. The van der Waals surface area contributed by atoms with Gasteiger partial charge in [0.25, 0.3) is 0 Å². The fraction of sp³-hybridized carbons (Fsp3) is 0.538. The van der Waals surface area contributed by atoms with Gasteiger partial charge in [0.15, 0.2) is 0 Å². The van der Waals surface area contributed by atoms with Crippen LogP contribution in [0, 0.1) is 0 Å². The standard InChI is InChI=1S/C13H17F2NO3S/c1-16-20(18,19)11-4-2-10(3-5-11)12(17)6-8-13(14,15)9-7-12/h2-5,16-17H,6-9H2,1H3. The second-order valence-electron chi connectivity index (χ2n) is 5.12. The molecule has 0 unspecified atom stereocenters. The maximum atomic E-state index is 13.1. The SMILES string of the molecule is CNS(=O)(=O)c1ccc(C2(O)CCC(F)(F)CC2)cc1. The molecule has 4 nitrogen and oxygen atoms in total. The summed E-state index contributed by atoms with van der Waals surface area (Å²) in [7, 11) is -2.23. The number of alkyl halides is 2. The molecular formula is C13H17F2NO3S. The van der Waals surface area contributed by atoms with E-state index in [1.54, 1.807) is 0 Å². The smallest absolute Gasteiger partial charge is 0.248 e. The van der Waals surface area contributed by atoms with Crippen molar-refractivity contribution in [1.29, 1.82) is 0 Å². The number of aliphatic hydroxyl groups is 1. The van der Waals surface area contributed by atoms with Crippen LogP contribution in [-0.2, 0) is 15.6 Å². The molecule has 20 heavy (non-hydrogen) atoms. The zero-order valence-corrected chi connectivity index (χ0v) is 11.9. The van der Waals surface area contributed by atoms with Crippen molar-refractivity contribution in [3.8, 4) is 0 Å². The minimum Gasteiger partial charge on any atom is -0.385 e. The van der Waals surface area contributed by atoms with E-state index in [2.05, 4.69) is 4.72 Å². The van der Waals surface area contributed by atoms with E-state index in [9.17, 15) is 22.3 Å². The van der Waals surface area contributed by atoms with Crippen LogP contribution in [0.4, 0.5) is 8.78 Å². The van der Waals surface area contributed by atoms with Crippen molar-refractivity contribution < 1.29 is 22.3 Å². The Morgan fingerprint density at radius 1 is 1.10 bits per heavy atom. The molecule has 0 amide bonds. The molecule has 0 radical (unpaired) electrons. The first-order valence-electron chi connectivity index (χ1n) is 6.33. The quantitative estimate of drug-likeness (QED) is 0.897. The fourth-order valence-corrected chi connectivity index (χ4v) is 3.11. The third-order valence-corrected chi connectivity index (χ3v) is 5.21. The Bertz CT molecular complexity index is 574. The normalized spacial score (nSPS) is 21.6. The maximum Gasteiger partial charge on any atom is 0.248 e. The molecule has 0 saturated heterocycles. The van der Waals surface area contributed by atoms with Crippen molar-refractivity contribution in [1.82, 2.24) is 4.72 Å². The number of hydrogen-bond donors (Lipinski definition) is 2. The first-order chi connectivity index (χ1) is 9.19. The van der Waals surface area contributed by atoms with Gasteiger partial charge in [0.05, 0.1) is 10.5 Å². The average molecular weight is 305 g/mol. The summed E-state index contributed by atoms with van der Waals surface area (Å²) in [4.78, 5) is 0.0773. The summed E-state index contributed by atoms with van der Waals surface area (Å²) in [5.41, 5.74) is -0.827. The van der Waals surface area contributed by atoms with Gasteiger partial charge in [-0.2, -0.15) is 0 Å². The molecule has 1 fully saturated rings. The van der Waals surface area contributed by atoms with Gasteiger partial charge in [0.2, 0.25) is 15.9 Å². The van der Waals surface area contributed by atoms with E-state index in [1.165, 1.54) is 31.3 Å². The van der Waals surface area contributed by atoms with E-state index >= 15 is 0 Å². The van der Waals surface area contributed by atoms with Crippen molar-refractivity contribution in [3.63, 3.8) is 0 Å². The lowest BCUT2D eigenvalue weighted by Crippen LogP contribution is -2.36. The Labute approximate surface area is 116 Å². The molecule has 0 bridgehead atoms. The summed E-state index contributed by atoms with van der Waals surface area (Å²) in [5, 5.41) is 10.4. The van der Waals surface area contributed by atoms with Crippen molar-refractivity contribution in [2.75, 3.05) is 7.05 Å². The van der Waals surface area contributed by atoms with Gasteiger partial charge in [0.1, 0.15) is 0 Å². The zero-order valence-electron chi connectivity index (χ0n) is 11.1. The van der Waals surface area contributed by atoms with Crippen LogP contribution in [0.15, 0.2) is 29.2 Å². The van der Waals surface area contributed by atoms with Crippen LogP contribution in [0.5, 0.6) is 0 Å². The molecule has 2 rings (SSSR count). The van der Waals surface area contributed by atoms with E-state index in [4.69, 9.17) is 0 Å². The van der Waals surface area contributed by atoms with E-state index in [-0.39, 0.29) is 30.6 Å². The molecule has 2 N–H and O–H groups in total. The molecule has 7 heteroatoms. The summed E-state index contributed by atoms with van der Waals surface area (Å²) < 4.78 is 51.6. The van der Waals surface area contributed by atoms with Gasteiger partial charge in [-0.15, -0.1) is 0 Å². The van der Waals surface area contributed by atoms with E-state index < -0.39 is 21.5 Å².